The first-order valence-electron chi connectivity index (χ1n) is 8.28. The summed E-state index contributed by atoms with van der Waals surface area (Å²) in [5.74, 6) is 0.579. The average Bonchev–Trinajstić information content (AvgIpc) is 3.41. The Labute approximate surface area is 145 Å². The third-order valence-corrected chi connectivity index (χ3v) is 4.67. The molecule has 128 valence electrons. The summed E-state index contributed by atoms with van der Waals surface area (Å²) in [5, 5.41) is 8.28. The number of ether oxygens (including phenoxy) is 1. The van der Waals surface area contributed by atoms with E-state index in [9.17, 15) is 9.59 Å². The van der Waals surface area contributed by atoms with Crippen LogP contribution in [0.2, 0.25) is 0 Å². The van der Waals surface area contributed by atoms with Crippen molar-refractivity contribution in [3.63, 3.8) is 0 Å². The molecule has 2 saturated carbocycles. The molecule has 0 heterocycles. The molecule has 2 aromatic rings. The highest BCUT2D eigenvalue weighted by Crippen LogP contribution is 2.69. The van der Waals surface area contributed by atoms with Crippen LogP contribution in [0.1, 0.15) is 18.4 Å². The first-order valence-corrected chi connectivity index (χ1v) is 8.28. The van der Waals surface area contributed by atoms with Gasteiger partial charge in [-0.3, -0.25) is 5.32 Å². The van der Waals surface area contributed by atoms with Crippen molar-refractivity contribution in [1.82, 2.24) is 0 Å². The monoisotopic (exact) mass is 337 g/mol. The van der Waals surface area contributed by atoms with Crippen LogP contribution < -0.4 is 16.0 Å². The Kier molecular flexibility index (Phi) is 3.60. The van der Waals surface area contributed by atoms with Gasteiger partial charge >= 0.3 is 12.1 Å². The van der Waals surface area contributed by atoms with Crippen LogP contribution in [0.25, 0.3) is 0 Å². The molecule has 0 radical (unpaired) electrons. The van der Waals surface area contributed by atoms with Crippen molar-refractivity contribution in [3.8, 4) is 0 Å². The van der Waals surface area contributed by atoms with Crippen LogP contribution in [-0.2, 0) is 4.74 Å². The maximum absolute atomic E-state index is 12.1. The lowest BCUT2D eigenvalue weighted by Crippen LogP contribution is -2.21. The second-order valence-corrected chi connectivity index (χ2v) is 6.66. The maximum atomic E-state index is 12.1. The molecule has 3 amide bonds. The minimum Gasteiger partial charge on any atom is -0.442 e. The highest BCUT2D eigenvalue weighted by molar-refractivity contribution is 6.00. The number of hydrogen-bond donors (Lipinski definition) is 3. The molecule has 0 bridgehead atoms. The van der Waals surface area contributed by atoms with Gasteiger partial charge in [0.15, 0.2) is 0 Å². The van der Waals surface area contributed by atoms with Crippen LogP contribution in [0.5, 0.6) is 0 Å². The Balaban J connectivity index is 1.38. The quantitative estimate of drug-likeness (QED) is 0.776. The Morgan fingerprint density at radius 2 is 1.72 bits per heavy atom. The van der Waals surface area contributed by atoms with Crippen molar-refractivity contribution >= 4 is 29.2 Å². The van der Waals surface area contributed by atoms with E-state index in [1.54, 1.807) is 12.1 Å². The second-order valence-electron chi connectivity index (χ2n) is 6.66. The normalized spacial score (nSPS) is 22.4. The number of nitrogens with one attached hydrogen (secondary N) is 3. The number of carbonyl (C=O) groups is 2. The number of aryl methyl sites for hydroxylation is 1. The molecule has 0 aromatic heterocycles. The third kappa shape index (κ3) is 3.42. The van der Waals surface area contributed by atoms with E-state index < -0.39 is 6.09 Å². The molecule has 0 saturated heterocycles. The molecule has 25 heavy (non-hydrogen) atoms. The van der Waals surface area contributed by atoms with Crippen LogP contribution in [0.15, 0.2) is 48.5 Å². The minimum absolute atomic E-state index is 0.161. The van der Waals surface area contributed by atoms with Gasteiger partial charge in [0.2, 0.25) is 0 Å². The zero-order valence-corrected chi connectivity index (χ0v) is 13.8. The van der Waals surface area contributed by atoms with Gasteiger partial charge in [-0.15, -0.1) is 0 Å². The molecule has 0 aliphatic heterocycles. The van der Waals surface area contributed by atoms with Crippen molar-refractivity contribution in [2.75, 3.05) is 16.0 Å². The van der Waals surface area contributed by atoms with Crippen molar-refractivity contribution in [1.29, 1.82) is 0 Å². The molecular formula is C19H19N3O3. The van der Waals surface area contributed by atoms with Crippen LogP contribution in [-0.4, -0.2) is 17.7 Å². The Bertz CT molecular complexity index is 829. The van der Waals surface area contributed by atoms with Gasteiger partial charge in [0.05, 0.1) is 0 Å². The number of carbonyl (C=O) groups excluding carboxylic acids is 2. The number of anilines is 3. The van der Waals surface area contributed by atoms with Gasteiger partial charge in [-0.1, -0.05) is 24.3 Å². The molecule has 0 unspecified atom stereocenters. The number of fused-ring (bicyclic) bond motifs is 1. The van der Waals surface area contributed by atoms with Gasteiger partial charge in [0.1, 0.15) is 5.60 Å². The molecule has 2 aliphatic carbocycles. The number of urea groups is 1. The molecule has 0 spiro atoms. The van der Waals surface area contributed by atoms with Crippen molar-refractivity contribution in [2.45, 2.75) is 25.4 Å². The number of para-hydroxylation sites is 1. The molecule has 2 fully saturated rings. The third-order valence-electron chi connectivity index (χ3n) is 4.67. The van der Waals surface area contributed by atoms with Crippen molar-refractivity contribution in [2.24, 2.45) is 5.92 Å². The van der Waals surface area contributed by atoms with E-state index in [0.29, 0.717) is 23.0 Å². The lowest BCUT2D eigenvalue weighted by Gasteiger charge is -2.13. The summed E-state index contributed by atoms with van der Waals surface area (Å²) >= 11 is 0. The Morgan fingerprint density at radius 1 is 1.00 bits per heavy atom. The molecule has 2 aliphatic rings. The number of amides is 3. The second kappa shape index (κ2) is 5.81. The van der Waals surface area contributed by atoms with E-state index in [1.165, 1.54) is 0 Å². The van der Waals surface area contributed by atoms with Gasteiger partial charge in [-0.05, 0) is 49.6 Å². The van der Waals surface area contributed by atoms with Gasteiger partial charge < -0.3 is 15.4 Å². The Morgan fingerprint density at radius 3 is 2.40 bits per heavy atom. The van der Waals surface area contributed by atoms with Crippen LogP contribution in [0.4, 0.5) is 26.7 Å². The van der Waals surface area contributed by atoms with Gasteiger partial charge in [-0.25, -0.2) is 9.59 Å². The summed E-state index contributed by atoms with van der Waals surface area (Å²) < 4.78 is 5.41. The summed E-state index contributed by atoms with van der Waals surface area (Å²) in [4.78, 5) is 24.1. The number of hydrogen-bond acceptors (Lipinski definition) is 3. The fraction of sp³-hybridized carbons (Fsp3) is 0.263. The molecular weight excluding hydrogens is 318 g/mol. The minimum atomic E-state index is -0.441. The lowest BCUT2D eigenvalue weighted by molar-refractivity contribution is 0.128. The summed E-state index contributed by atoms with van der Waals surface area (Å²) in [6.07, 6.45) is 1.53. The Hall–Kier alpha value is -3.02. The van der Waals surface area contributed by atoms with Crippen LogP contribution in [0.3, 0.4) is 0 Å². The maximum Gasteiger partial charge on any atom is 0.412 e. The average molecular weight is 337 g/mol. The molecule has 0 atom stereocenters. The van der Waals surface area contributed by atoms with Crippen molar-refractivity contribution in [3.05, 3.63) is 54.1 Å². The molecule has 6 heteroatoms. The standard InChI is InChI=1S/C19H19N3O3/c1-12-7-8-15(21-18(24)25-19-10-13(19)11-19)9-16(12)22-17(23)20-14-5-3-2-4-6-14/h2-9,13H,10-11H2,1H3,(H,21,24)(H2,20,22,23). The van der Waals surface area contributed by atoms with E-state index in [2.05, 4.69) is 16.0 Å². The van der Waals surface area contributed by atoms with Crippen LogP contribution in [0, 0.1) is 12.8 Å². The summed E-state index contributed by atoms with van der Waals surface area (Å²) in [7, 11) is 0. The summed E-state index contributed by atoms with van der Waals surface area (Å²) in [6.45, 7) is 1.89. The predicted octanol–water partition coefficient (Wildman–Crippen LogP) is 4.35. The van der Waals surface area contributed by atoms with Gasteiger partial charge in [0.25, 0.3) is 0 Å². The number of rotatable bonds is 4. The zero-order chi connectivity index (χ0) is 17.4. The lowest BCUT2D eigenvalue weighted by atomic mass is 10.2. The SMILES string of the molecule is Cc1ccc(NC(=O)OC23CC2C3)cc1NC(=O)Nc1ccccc1. The molecule has 6 nitrogen and oxygen atoms in total. The largest absolute Gasteiger partial charge is 0.442 e. The predicted molar refractivity (Wildman–Crippen MR) is 95.8 cm³/mol. The summed E-state index contributed by atoms with van der Waals surface area (Å²) in [5.41, 5.74) is 2.65. The van der Waals surface area contributed by atoms with Gasteiger partial charge in [-0.2, -0.15) is 0 Å². The molecule has 3 N–H and O–H groups in total. The van der Waals surface area contributed by atoms with E-state index >= 15 is 0 Å². The topological polar surface area (TPSA) is 79.5 Å². The fourth-order valence-corrected chi connectivity index (χ4v) is 2.79. The smallest absolute Gasteiger partial charge is 0.412 e. The zero-order valence-electron chi connectivity index (χ0n) is 13.8. The van der Waals surface area contributed by atoms with E-state index in [1.807, 2.05) is 43.3 Å². The van der Waals surface area contributed by atoms with E-state index in [0.717, 1.165) is 18.4 Å². The van der Waals surface area contributed by atoms with E-state index in [-0.39, 0.29) is 11.6 Å². The van der Waals surface area contributed by atoms with E-state index in [4.69, 9.17) is 4.74 Å². The number of benzene rings is 2. The summed E-state index contributed by atoms with van der Waals surface area (Å²) in [6, 6.07) is 14.2. The highest BCUT2D eigenvalue weighted by Gasteiger charge is 2.73. The molecule has 2 aromatic carbocycles. The molecule has 4 rings (SSSR count). The first-order chi connectivity index (χ1) is 12.0. The highest BCUT2D eigenvalue weighted by atomic mass is 16.6. The fourth-order valence-electron chi connectivity index (χ4n) is 2.79. The first kappa shape index (κ1) is 15.5. The van der Waals surface area contributed by atoms with Crippen LogP contribution >= 0.6 is 0 Å². The van der Waals surface area contributed by atoms with Gasteiger partial charge in [0, 0.05) is 23.0 Å². The van der Waals surface area contributed by atoms with Crippen molar-refractivity contribution < 1.29 is 14.3 Å².